The molecular weight excluding hydrogens is 224 g/mol. The molecule has 17 heavy (non-hydrogen) atoms. The quantitative estimate of drug-likeness (QED) is 0.586. The van der Waals surface area contributed by atoms with Gasteiger partial charge in [0.15, 0.2) is 0 Å². The Balaban J connectivity index is 2.70. The van der Waals surface area contributed by atoms with Crippen LogP contribution in [0, 0.1) is 10.1 Å². The molecule has 2 aromatic heterocycles. The van der Waals surface area contributed by atoms with Gasteiger partial charge in [-0.05, 0) is 0 Å². The summed E-state index contributed by atoms with van der Waals surface area (Å²) in [5.74, 6) is 0.287. The van der Waals surface area contributed by atoms with Gasteiger partial charge in [-0.2, -0.15) is 14.9 Å². The molecule has 0 aliphatic carbocycles. The molecule has 0 atom stereocenters. The lowest BCUT2D eigenvalue weighted by Crippen LogP contribution is -2.05. The Morgan fingerprint density at radius 3 is 2.65 bits per heavy atom. The molecule has 90 valence electrons. The normalized spacial score (nSPS) is 11.1. The number of rotatable bonds is 3. The second kappa shape index (κ2) is 3.96. The lowest BCUT2D eigenvalue weighted by molar-refractivity contribution is -0.385. The van der Waals surface area contributed by atoms with Crippen molar-refractivity contribution in [3.63, 3.8) is 0 Å². The van der Waals surface area contributed by atoms with Gasteiger partial charge < -0.3 is 0 Å². The van der Waals surface area contributed by atoms with Gasteiger partial charge in [0, 0.05) is 13.0 Å². The monoisotopic (exact) mass is 236 g/mol. The van der Waals surface area contributed by atoms with Crippen LogP contribution in [0.15, 0.2) is 12.7 Å². The maximum atomic E-state index is 11.1. The van der Waals surface area contributed by atoms with Gasteiger partial charge in [-0.25, -0.2) is 9.67 Å². The van der Waals surface area contributed by atoms with E-state index in [1.807, 2.05) is 13.8 Å². The smallest absolute Gasteiger partial charge is 0.258 e. The minimum absolute atomic E-state index is 0.0204. The molecule has 0 saturated carbocycles. The van der Waals surface area contributed by atoms with E-state index in [1.54, 1.807) is 7.05 Å². The molecular formula is C9H12N6O2. The van der Waals surface area contributed by atoms with Crippen molar-refractivity contribution in [2.45, 2.75) is 19.8 Å². The Bertz CT molecular complexity index is 542. The highest BCUT2D eigenvalue weighted by molar-refractivity contribution is 5.52. The van der Waals surface area contributed by atoms with Crippen molar-refractivity contribution in [3.8, 4) is 5.82 Å². The zero-order chi connectivity index (χ0) is 12.6. The summed E-state index contributed by atoms with van der Waals surface area (Å²) in [4.78, 5) is 14.5. The Morgan fingerprint density at radius 2 is 2.18 bits per heavy atom. The van der Waals surface area contributed by atoms with Crippen molar-refractivity contribution < 1.29 is 4.92 Å². The summed E-state index contributed by atoms with van der Waals surface area (Å²) in [5.41, 5.74) is 0.427. The maximum absolute atomic E-state index is 11.1. The third kappa shape index (κ3) is 1.77. The van der Waals surface area contributed by atoms with Crippen LogP contribution in [0.1, 0.15) is 25.5 Å². The summed E-state index contributed by atoms with van der Waals surface area (Å²) < 4.78 is 2.79. The van der Waals surface area contributed by atoms with Crippen LogP contribution >= 0.6 is 0 Å². The van der Waals surface area contributed by atoms with Gasteiger partial charge in [-0.15, -0.1) is 0 Å². The van der Waals surface area contributed by atoms with Gasteiger partial charge in [0.25, 0.3) is 0 Å². The van der Waals surface area contributed by atoms with Crippen molar-refractivity contribution in [2.75, 3.05) is 0 Å². The molecule has 2 rings (SSSR count). The standard InChI is InChI=1S/C9H12N6O2/c1-6(2)7-8(15(16)17)9(13(3)12-7)14-5-10-4-11-14/h4-6H,1-3H3. The minimum Gasteiger partial charge on any atom is -0.258 e. The van der Waals surface area contributed by atoms with E-state index in [2.05, 4.69) is 15.2 Å². The predicted octanol–water partition coefficient (Wildman–Crippen LogP) is 1.03. The summed E-state index contributed by atoms with van der Waals surface area (Å²) in [6, 6.07) is 0. The van der Waals surface area contributed by atoms with Gasteiger partial charge in [-0.1, -0.05) is 13.8 Å². The predicted molar refractivity (Wildman–Crippen MR) is 58.9 cm³/mol. The summed E-state index contributed by atoms with van der Waals surface area (Å²) in [5, 5.41) is 19.2. The highest BCUT2D eigenvalue weighted by atomic mass is 16.6. The number of aromatic nitrogens is 5. The van der Waals surface area contributed by atoms with Crippen LogP contribution < -0.4 is 0 Å². The molecule has 8 heteroatoms. The number of nitro groups is 1. The third-order valence-electron chi connectivity index (χ3n) is 2.38. The Morgan fingerprint density at radius 1 is 1.47 bits per heavy atom. The second-order valence-electron chi connectivity index (χ2n) is 3.93. The van der Waals surface area contributed by atoms with Gasteiger partial charge in [-0.3, -0.25) is 10.1 Å². The zero-order valence-electron chi connectivity index (χ0n) is 9.73. The number of nitrogens with zero attached hydrogens (tertiary/aromatic N) is 6. The van der Waals surface area contributed by atoms with E-state index < -0.39 is 4.92 Å². The first-order valence-corrected chi connectivity index (χ1v) is 5.08. The van der Waals surface area contributed by atoms with Crippen molar-refractivity contribution in [1.29, 1.82) is 0 Å². The largest absolute Gasteiger partial charge is 0.336 e. The molecule has 0 aliphatic heterocycles. The van der Waals surface area contributed by atoms with Crippen LogP contribution in [0.25, 0.3) is 5.82 Å². The number of hydrogen-bond donors (Lipinski definition) is 0. The van der Waals surface area contributed by atoms with Crippen LogP contribution in [0.2, 0.25) is 0 Å². The molecule has 0 spiro atoms. The summed E-state index contributed by atoms with van der Waals surface area (Å²) >= 11 is 0. The van der Waals surface area contributed by atoms with E-state index in [-0.39, 0.29) is 11.6 Å². The van der Waals surface area contributed by atoms with E-state index in [4.69, 9.17) is 0 Å². The van der Waals surface area contributed by atoms with Gasteiger partial charge in [0.2, 0.25) is 5.82 Å². The zero-order valence-corrected chi connectivity index (χ0v) is 9.73. The van der Waals surface area contributed by atoms with Crippen molar-refractivity contribution in [3.05, 3.63) is 28.5 Å². The molecule has 0 unspecified atom stereocenters. The van der Waals surface area contributed by atoms with E-state index in [9.17, 15) is 10.1 Å². The maximum Gasteiger partial charge on any atom is 0.336 e. The lowest BCUT2D eigenvalue weighted by atomic mass is 10.1. The van der Waals surface area contributed by atoms with Crippen LogP contribution in [0.4, 0.5) is 5.69 Å². The molecule has 0 N–H and O–H groups in total. The summed E-state index contributed by atoms with van der Waals surface area (Å²) in [6.07, 6.45) is 2.74. The molecule has 2 heterocycles. The van der Waals surface area contributed by atoms with E-state index in [1.165, 1.54) is 22.0 Å². The van der Waals surface area contributed by atoms with Crippen LogP contribution in [-0.4, -0.2) is 29.5 Å². The Kier molecular flexibility index (Phi) is 2.62. The first-order valence-electron chi connectivity index (χ1n) is 5.08. The van der Waals surface area contributed by atoms with Crippen molar-refractivity contribution in [1.82, 2.24) is 24.5 Å². The van der Waals surface area contributed by atoms with Crippen molar-refractivity contribution >= 4 is 5.69 Å². The fourth-order valence-corrected chi connectivity index (χ4v) is 1.66. The highest BCUT2D eigenvalue weighted by Gasteiger charge is 2.29. The molecule has 8 nitrogen and oxygen atoms in total. The summed E-state index contributed by atoms with van der Waals surface area (Å²) in [6.45, 7) is 3.72. The van der Waals surface area contributed by atoms with Crippen molar-refractivity contribution in [2.24, 2.45) is 7.05 Å². The molecule has 0 radical (unpaired) electrons. The van der Waals surface area contributed by atoms with Gasteiger partial charge in [0.05, 0.1) is 4.92 Å². The second-order valence-corrected chi connectivity index (χ2v) is 3.93. The SMILES string of the molecule is CC(C)c1nn(C)c(-n2cncn2)c1[N+](=O)[O-]. The molecule has 0 aromatic carbocycles. The first-order chi connectivity index (χ1) is 8.02. The minimum atomic E-state index is -0.431. The van der Waals surface area contributed by atoms with Gasteiger partial charge in [0.1, 0.15) is 18.3 Å². The number of aryl methyl sites for hydroxylation is 1. The fourth-order valence-electron chi connectivity index (χ4n) is 1.66. The number of hydrogen-bond acceptors (Lipinski definition) is 5. The lowest BCUT2D eigenvalue weighted by Gasteiger charge is -2.00. The Labute approximate surface area is 97.0 Å². The average molecular weight is 236 g/mol. The van der Waals surface area contributed by atoms with E-state index in [0.29, 0.717) is 11.5 Å². The molecule has 0 saturated heterocycles. The highest BCUT2D eigenvalue weighted by Crippen LogP contribution is 2.30. The first kappa shape index (κ1) is 11.2. The molecule has 0 bridgehead atoms. The Hall–Kier alpha value is -2.25. The van der Waals surface area contributed by atoms with Crippen LogP contribution in [0.3, 0.4) is 0 Å². The molecule has 0 aliphatic rings. The van der Waals surface area contributed by atoms with Crippen LogP contribution in [-0.2, 0) is 7.05 Å². The van der Waals surface area contributed by atoms with Gasteiger partial charge >= 0.3 is 5.69 Å². The fraction of sp³-hybridized carbons (Fsp3) is 0.444. The molecule has 0 fully saturated rings. The molecule has 2 aromatic rings. The topological polar surface area (TPSA) is 91.7 Å². The van der Waals surface area contributed by atoms with E-state index in [0.717, 1.165) is 0 Å². The third-order valence-corrected chi connectivity index (χ3v) is 2.38. The summed E-state index contributed by atoms with van der Waals surface area (Å²) in [7, 11) is 1.65. The molecule has 0 amide bonds. The van der Waals surface area contributed by atoms with Crippen LogP contribution in [0.5, 0.6) is 0 Å². The van der Waals surface area contributed by atoms with E-state index >= 15 is 0 Å². The average Bonchev–Trinajstić information content (AvgIpc) is 2.83.